The summed E-state index contributed by atoms with van der Waals surface area (Å²) in [4.78, 5) is 20.2. The van der Waals surface area contributed by atoms with Gasteiger partial charge in [-0.05, 0) is 32.8 Å². The normalized spacial score (nSPS) is 16.4. The summed E-state index contributed by atoms with van der Waals surface area (Å²) in [6, 6.07) is 0. The molecule has 0 radical (unpaired) electrons. The number of hydrogen-bond donors (Lipinski definition) is 1. The predicted molar refractivity (Wildman–Crippen MR) is 92.8 cm³/mol. The fourth-order valence-electron chi connectivity index (χ4n) is 2.45. The van der Waals surface area contributed by atoms with Crippen LogP contribution in [-0.2, 0) is 18.2 Å². The van der Waals surface area contributed by atoms with Gasteiger partial charge < -0.3 is 20.3 Å². The van der Waals surface area contributed by atoms with Crippen molar-refractivity contribution < 1.29 is 9.53 Å². The van der Waals surface area contributed by atoms with Gasteiger partial charge >= 0.3 is 6.09 Å². The van der Waals surface area contributed by atoms with Crippen LogP contribution in [0.1, 0.15) is 26.3 Å². The van der Waals surface area contributed by atoms with Crippen LogP contribution in [0.2, 0.25) is 0 Å². The first kappa shape index (κ1) is 18.1. The number of nitrogens with two attached hydrogens (primary N) is 1. The Hall–Kier alpha value is -2.25. The van der Waals surface area contributed by atoms with E-state index in [9.17, 15) is 4.79 Å². The van der Waals surface area contributed by atoms with E-state index in [0.29, 0.717) is 38.7 Å². The van der Waals surface area contributed by atoms with E-state index in [0.717, 1.165) is 12.0 Å². The smallest absolute Gasteiger partial charge is 0.410 e. The van der Waals surface area contributed by atoms with Crippen molar-refractivity contribution in [3.63, 3.8) is 0 Å². The minimum absolute atomic E-state index is 0.269. The lowest BCUT2D eigenvalue weighted by atomic mass is 10.2. The van der Waals surface area contributed by atoms with Crippen molar-refractivity contribution in [3.05, 3.63) is 18.0 Å². The van der Waals surface area contributed by atoms with Crippen LogP contribution >= 0.6 is 0 Å². The van der Waals surface area contributed by atoms with Crippen LogP contribution in [0.3, 0.4) is 0 Å². The van der Waals surface area contributed by atoms with Crippen LogP contribution < -0.4 is 5.73 Å². The zero-order valence-corrected chi connectivity index (χ0v) is 15.0. The maximum Gasteiger partial charge on any atom is 0.410 e. The first-order valence-corrected chi connectivity index (χ1v) is 8.25. The predicted octanol–water partition coefficient (Wildman–Crippen LogP) is 0.830. The standard InChI is InChI=1S/C16H28N6O2/c1-16(2,3)24-15(23)22-9-7-21(8-10-22)14(17)18-6-5-13-11-19-20(4)12-13/h11-12H,5-10H2,1-4H3,(H2,17,18). The molecule has 2 N–H and O–H groups in total. The van der Waals surface area contributed by atoms with Crippen LogP contribution in [0.5, 0.6) is 0 Å². The van der Waals surface area contributed by atoms with Gasteiger partial charge in [-0.1, -0.05) is 0 Å². The molecule has 1 fully saturated rings. The number of carbonyl (C=O) groups excluding carboxylic acids is 1. The molecule has 1 aromatic heterocycles. The number of nitrogens with zero attached hydrogens (tertiary/aromatic N) is 5. The summed E-state index contributed by atoms with van der Waals surface area (Å²) in [5.74, 6) is 0.530. The number of amides is 1. The topological polar surface area (TPSA) is 89.0 Å². The van der Waals surface area contributed by atoms with E-state index >= 15 is 0 Å². The molecule has 2 rings (SSSR count). The van der Waals surface area contributed by atoms with E-state index < -0.39 is 5.60 Å². The Kier molecular flexibility index (Phi) is 5.69. The molecule has 1 aliphatic rings. The third kappa shape index (κ3) is 5.43. The lowest BCUT2D eigenvalue weighted by Gasteiger charge is -2.36. The summed E-state index contributed by atoms with van der Waals surface area (Å²) < 4.78 is 7.16. The summed E-state index contributed by atoms with van der Waals surface area (Å²) in [5.41, 5.74) is 6.73. The van der Waals surface area contributed by atoms with Gasteiger partial charge in [-0.25, -0.2) is 4.79 Å². The van der Waals surface area contributed by atoms with E-state index in [1.807, 2.05) is 45.1 Å². The Labute approximate surface area is 143 Å². The number of ether oxygens (including phenoxy) is 1. The monoisotopic (exact) mass is 336 g/mol. The minimum atomic E-state index is -0.471. The number of carbonyl (C=O) groups is 1. The van der Waals surface area contributed by atoms with Crippen LogP contribution in [0.25, 0.3) is 0 Å². The molecule has 2 heterocycles. The molecule has 0 aromatic carbocycles. The number of rotatable bonds is 3. The third-order valence-corrected chi connectivity index (χ3v) is 3.69. The molecule has 0 bridgehead atoms. The molecule has 0 unspecified atom stereocenters. The van der Waals surface area contributed by atoms with E-state index in [1.165, 1.54) is 0 Å². The molecule has 1 aromatic rings. The van der Waals surface area contributed by atoms with Crippen molar-refractivity contribution in [3.8, 4) is 0 Å². The van der Waals surface area contributed by atoms with Crippen molar-refractivity contribution in [2.45, 2.75) is 32.8 Å². The molecule has 1 aliphatic heterocycles. The third-order valence-electron chi connectivity index (χ3n) is 3.69. The quantitative estimate of drug-likeness (QED) is 0.652. The molecule has 8 nitrogen and oxygen atoms in total. The van der Waals surface area contributed by atoms with Crippen molar-refractivity contribution in [2.75, 3.05) is 32.7 Å². The van der Waals surface area contributed by atoms with Crippen molar-refractivity contribution in [1.82, 2.24) is 19.6 Å². The Morgan fingerprint density at radius 3 is 2.46 bits per heavy atom. The highest BCUT2D eigenvalue weighted by Crippen LogP contribution is 2.11. The minimum Gasteiger partial charge on any atom is -0.444 e. The van der Waals surface area contributed by atoms with Gasteiger partial charge in [0.2, 0.25) is 0 Å². The fraction of sp³-hybridized carbons (Fsp3) is 0.688. The van der Waals surface area contributed by atoms with Gasteiger partial charge in [0.05, 0.1) is 6.20 Å². The molecule has 0 saturated carbocycles. The Bertz CT molecular complexity index is 582. The average molecular weight is 336 g/mol. The molecule has 24 heavy (non-hydrogen) atoms. The molecule has 134 valence electrons. The summed E-state index contributed by atoms with van der Waals surface area (Å²) in [6.45, 7) is 8.75. The van der Waals surface area contributed by atoms with Gasteiger partial charge in [-0.2, -0.15) is 5.10 Å². The van der Waals surface area contributed by atoms with E-state index in [2.05, 4.69) is 10.1 Å². The van der Waals surface area contributed by atoms with Gasteiger partial charge in [0, 0.05) is 46.0 Å². The highest BCUT2D eigenvalue weighted by molar-refractivity contribution is 5.78. The summed E-state index contributed by atoms with van der Waals surface area (Å²) >= 11 is 0. The number of aliphatic imine (C=N–C) groups is 1. The Morgan fingerprint density at radius 2 is 1.92 bits per heavy atom. The van der Waals surface area contributed by atoms with Crippen LogP contribution in [0, 0.1) is 0 Å². The van der Waals surface area contributed by atoms with E-state index in [-0.39, 0.29) is 6.09 Å². The highest BCUT2D eigenvalue weighted by atomic mass is 16.6. The largest absolute Gasteiger partial charge is 0.444 e. The van der Waals surface area contributed by atoms with Crippen molar-refractivity contribution in [2.24, 2.45) is 17.8 Å². The van der Waals surface area contributed by atoms with Crippen molar-refractivity contribution in [1.29, 1.82) is 0 Å². The van der Waals surface area contributed by atoms with Crippen LogP contribution in [0.4, 0.5) is 4.79 Å². The first-order chi connectivity index (χ1) is 11.2. The van der Waals surface area contributed by atoms with Gasteiger partial charge in [-0.15, -0.1) is 0 Å². The molecule has 0 spiro atoms. The molecule has 1 amide bonds. The lowest BCUT2D eigenvalue weighted by Crippen LogP contribution is -2.53. The second kappa shape index (κ2) is 7.55. The average Bonchev–Trinajstić information content (AvgIpc) is 2.91. The molecule has 8 heteroatoms. The molecule has 0 aliphatic carbocycles. The number of aromatic nitrogens is 2. The first-order valence-electron chi connectivity index (χ1n) is 8.25. The molecule has 0 atom stereocenters. The SMILES string of the molecule is Cn1cc(CCN=C(N)N2CCN(C(=O)OC(C)(C)C)CC2)cn1. The van der Waals surface area contributed by atoms with Crippen molar-refractivity contribution >= 4 is 12.1 Å². The second-order valence-corrected chi connectivity index (χ2v) is 6.97. The van der Waals surface area contributed by atoms with Gasteiger partial charge in [0.25, 0.3) is 0 Å². The highest BCUT2D eigenvalue weighted by Gasteiger charge is 2.26. The fourth-order valence-corrected chi connectivity index (χ4v) is 2.45. The number of guanidine groups is 1. The van der Waals surface area contributed by atoms with E-state index in [1.54, 1.807) is 9.58 Å². The maximum atomic E-state index is 12.0. The summed E-state index contributed by atoms with van der Waals surface area (Å²) in [5, 5.41) is 4.13. The maximum absolute atomic E-state index is 12.0. The lowest BCUT2D eigenvalue weighted by molar-refractivity contribution is 0.0186. The molecule has 1 saturated heterocycles. The Balaban J connectivity index is 1.76. The van der Waals surface area contributed by atoms with E-state index in [4.69, 9.17) is 10.5 Å². The summed E-state index contributed by atoms with van der Waals surface area (Å²) in [6.07, 6.45) is 4.36. The van der Waals surface area contributed by atoms with Gasteiger partial charge in [0.15, 0.2) is 5.96 Å². The zero-order valence-electron chi connectivity index (χ0n) is 15.0. The van der Waals surface area contributed by atoms with Crippen LogP contribution in [0.15, 0.2) is 17.4 Å². The second-order valence-electron chi connectivity index (χ2n) is 6.97. The number of aryl methyl sites for hydroxylation is 1. The Morgan fingerprint density at radius 1 is 1.29 bits per heavy atom. The van der Waals surface area contributed by atoms with Gasteiger partial charge in [0.1, 0.15) is 5.60 Å². The molecular weight excluding hydrogens is 308 g/mol. The summed E-state index contributed by atoms with van der Waals surface area (Å²) in [7, 11) is 1.89. The number of hydrogen-bond acceptors (Lipinski definition) is 4. The van der Waals surface area contributed by atoms with Crippen LogP contribution in [-0.4, -0.2) is 70.0 Å². The zero-order chi connectivity index (χ0) is 17.7. The number of piperazine rings is 1. The molecular formula is C16H28N6O2. The van der Waals surface area contributed by atoms with Gasteiger partial charge in [-0.3, -0.25) is 9.67 Å².